The zero-order chi connectivity index (χ0) is 23.5. The molecular weight excluding hydrogens is 434 g/mol. The second-order valence-electron chi connectivity index (χ2n) is 7.59. The molecule has 1 saturated heterocycles. The van der Waals surface area contributed by atoms with Crippen molar-refractivity contribution in [3.05, 3.63) is 51.6 Å². The van der Waals surface area contributed by atoms with Gasteiger partial charge in [-0.2, -0.15) is 0 Å². The molecule has 0 atom stereocenters. The first-order valence-corrected chi connectivity index (χ1v) is 10.3. The molecule has 172 valence electrons. The van der Waals surface area contributed by atoms with Crippen molar-refractivity contribution in [2.75, 3.05) is 36.7 Å². The van der Waals surface area contributed by atoms with Gasteiger partial charge >= 0.3 is 5.97 Å². The molecule has 0 bridgehead atoms. The number of amides is 1. The minimum atomic E-state index is -0.876. The Labute approximate surface area is 188 Å². The fourth-order valence-corrected chi connectivity index (χ4v) is 3.76. The predicted octanol–water partition coefficient (Wildman–Crippen LogP) is 2.92. The number of carbonyl (C=O) groups is 3. The van der Waals surface area contributed by atoms with Gasteiger partial charge in [-0.05, 0) is 38.0 Å². The van der Waals surface area contributed by atoms with Crippen LogP contribution in [-0.2, 0) is 9.53 Å². The van der Waals surface area contributed by atoms with Gasteiger partial charge < -0.3 is 24.4 Å². The molecule has 2 aliphatic rings. The number of Topliss-reactive ketones (excluding diaryl/α,β-unsaturated/α-hetero) is 1. The van der Waals surface area contributed by atoms with Crippen LogP contribution in [0.15, 0.2) is 30.3 Å². The van der Waals surface area contributed by atoms with Crippen molar-refractivity contribution in [3.8, 4) is 11.5 Å². The Morgan fingerprint density at radius 3 is 2.48 bits per heavy atom. The number of hydrogen-bond donors (Lipinski definition) is 1. The van der Waals surface area contributed by atoms with Gasteiger partial charge in [0.25, 0.3) is 11.6 Å². The highest BCUT2D eigenvalue weighted by molar-refractivity contribution is 6.05. The van der Waals surface area contributed by atoms with Crippen molar-refractivity contribution in [1.29, 1.82) is 0 Å². The zero-order valence-electron chi connectivity index (χ0n) is 17.8. The number of nitro groups is 1. The Bertz CT molecular complexity index is 1140. The quantitative estimate of drug-likeness (QED) is 0.289. The summed E-state index contributed by atoms with van der Waals surface area (Å²) in [5.74, 6) is -1.10. The monoisotopic (exact) mass is 455 g/mol. The van der Waals surface area contributed by atoms with Crippen LogP contribution in [0.3, 0.4) is 0 Å². The van der Waals surface area contributed by atoms with E-state index >= 15 is 0 Å². The third kappa shape index (κ3) is 4.71. The fourth-order valence-electron chi connectivity index (χ4n) is 3.76. The van der Waals surface area contributed by atoms with Crippen LogP contribution in [-0.4, -0.2) is 49.1 Å². The van der Waals surface area contributed by atoms with Gasteiger partial charge in [0.05, 0.1) is 16.2 Å². The summed E-state index contributed by atoms with van der Waals surface area (Å²) in [4.78, 5) is 49.5. The van der Waals surface area contributed by atoms with Gasteiger partial charge in [-0.15, -0.1) is 0 Å². The van der Waals surface area contributed by atoms with Crippen LogP contribution in [0.25, 0.3) is 0 Å². The number of ketones is 1. The standard InChI is InChI=1S/C22H21N3O8/c1-13(26)15-9-19-20(33-12-32-19)10-16(15)23-21(27)11-31-22(28)14-4-5-17(18(8-14)25(29)30)24-6-2-3-7-24/h4-5,8-10H,2-3,6-7,11-12H2,1H3,(H,23,27). The Morgan fingerprint density at radius 1 is 1.12 bits per heavy atom. The van der Waals surface area contributed by atoms with Crippen LogP contribution in [0.1, 0.15) is 40.5 Å². The second kappa shape index (κ2) is 9.15. The molecule has 2 aromatic carbocycles. The van der Waals surface area contributed by atoms with E-state index in [1.807, 2.05) is 4.90 Å². The van der Waals surface area contributed by atoms with E-state index in [2.05, 4.69) is 5.32 Å². The number of rotatable bonds is 7. The lowest BCUT2D eigenvalue weighted by Gasteiger charge is -2.17. The summed E-state index contributed by atoms with van der Waals surface area (Å²) in [6.07, 6.45) is 1.90. The van der Waals surface area contributed by atoms with Gasteiger partial charge in [-0.1, -0.05) is 0 Å². The van der Waals surface area contributed by atoms with Gasteiger partial charge in [0.15, 0.2) is 23.9 Å². The van der Waals surface area contributed by atoms with Crippen LogP contribution in [0.4, 0.5) is 17.1 Å². The molecule has 1 N–H and O–H groups in total. The van der Waals surface area contributed by atoms with E-state index in [1.165, 1.54) is 31.2 Å². The highest BCUT2D eigenvalue weighted by Crippen LogP contribution is 2.37. The number of esters is 1. The van der Waals surface area contributed by atoms with Crippen LogP contribution in [0, 0.1) is 10.1 Å². The fraction of sp³-hybridized carbons (Fsp3) is 0.318. The van der Waals surface area contributed by atoms with Crippen molar-refractivity contribution in [2.45, 2.75) is 19.8 Å². The number of nitro benzene ring substituents is 1. The Morgan fingerprint density at radius 2 is 1.82 bits per heavy atom. The van der Waals surface area contributed by atoms with Crippen molar-refractivity contribution in [2.24, 2.45) is 0 Å². The molecule has 33 heavy (non-hydrogen) atoms. The number of hydrogen-bond acceptors (Lipinski definition) is 9. The third-order valence-corrected chi connectivity index (χ3v) is 5.36. The van der Waals surface area contributed by atoms with Crippen LogP contribution in [0.2, 0.25) is 0 Å². The summed E-state index contributed by atoms with van der Waals surface area (Å²) < 4.78 is 15.5. The molecule has 1 amide bonds. The van der Waals surface area contributed by atoms with E-state index < -0.39 is 23.4 Å². The molecule has 0 spiro atoms. The van der Waals surface area contributed by atoms with E-state index in [-0.39, 0.29) is 35.1 Å². The molecule has 2 aromatic rings. The van der Waals surface area contributed by atoms with Crippen molar-refractivity contribution in [3.63, 3.8) is 0 Å². The first kappa shape index (κ1) is 22.1. The van der Waals surface area contributed by atoms with E-state index in [9.17, 15) is 24.5 Å². The smallest absolute Gasteiger partial charge is 0.338 e. The summed E-state index contributed by atoms with van der Waals surface area (Å²) in [6.45, 7) is 2.13. The number of nitrogens with one attached hydrogen (secondary N) is 1. The molecular formula is C22H21N3O8. The average Bonchev–Trinajstić information content (AvgIpc) is 3.48. The molecule has 11 nitrogen and oxygen atoms in total. The zero-order valence-corrected chi connectivity index (χ0v) is 17.8. The number of benzene rings is 2. The molecule has 0 aromatic heterocycles. The minimum Gasteiger partial charge on any atom is -0.454 e. The Balaban J connectivity index is 1.43. The lowest BCUT2D eigenvalue weighted by molar-refractivity contribution is -0.384. The van der Waals surface area contributed by atoms with Gasteiger partial charge in [0.2, 0.25) is 6.79 Å². The molecule has 11 heteroatoms. The van der Waals surface area contributed by atoms with E-state index in [0.29, 0.717) is 30.3 Å². The highest BCUT2D eigenvalue weighted by Gasteiger charge is 2.25. The van der Waals surface area contributed by atoms with Crippen molar-refractivity contribution < 1.29 is 33.5 Å². The average molecular weight is 455 g/mol. The number of fused-ring (bicyclic) bond motifs is 1. The number of ether oxygens (including phenoxy) is 3. The third-order valence-electron chi connectivity index (χ3n) is 5.36. The summed E-state index contributed by atoms with van der Waals surface area (Å²) in [5.41, 5.74) is 0.629. The van der Waals surface area contributed by atoms with Crippen LogP contribution in [0.5, 0.6) is 11.5 Å². The second-order valence-corrected chi connectivity index (χ2v) is 7.59. The van der Waals surface area contributed by atoms with Gasteiger partial charge in [-0.3, -0.25) is 19.7 Å². The summed E-state index contributed by atoms with van der Waals surface area (Å²) in [7, 11) is 0. The maximum atomic E-state index is 12.4. The summed E-state index contributed by atoms with van der Waals surface area (Å²) >= 11 is 0. The summed E-state index contributed by atoms with van der Waals surface area (Å²) in [6, 6.07) is 7.03. The normalized spacial score (nSPS) is 14.2. The Kier molecular flexibility index (Phi) is 6.11. The van der Waals surface area contributed by atoms with Gasteiger partial charge in [-0.25, -0.2) is 4.79 Å². The SMILES string of the molecule is CC(=O)c1cc2c(cc1NC(=O)COC(=O)c1ccc(N3CCCC3)c([N+](=O)[O-])c1)OCO2. The first-order valence-electron chi connectivity index (χ1n) is 10.3. The molecule has 1 fully saturated rings. The van der Waals surface area contributed by atoms with Crippen molar-refractivity contribution >= 4 is 34.7 Å². The van der Waals surface area contributed by atoms with E-state index in [1.54, 1.807) is 0 Å². The van der Waals surface area contributed by atoms with E-state index in [4.69, 9.17) is 14.2 Å². The molecule has 0 saturated carbocycles. The van der Waals surface area contributed by atoms with Gasteiger partial charge in [0, 0.05) is 30.8 Å². The summed E-state index contributed by atoms with van der Waals surface area (Å²) in [5, 5.41) is 14.0. The molecule has 0 radical (unpaired) electrons. The molecule has 2 aliphatic heterocycles. The molecule has 2 heterocycles. The lowest BCUT2D eigenvalue weighted by atomic mass is 10.1. The van der Waals surface area contributed by atoms with E-state index in [0.717, 1.165) is 18.9 Å². The van der Waals surface area contributed by atoms with Gasteiger partial charge in [0.1, 0.15) is 5.69 Å². The number of anilines is 2. The number of carbonyl (C=O) groups excluding carboxylic acids is 3. The lowest BCUT2D eigenvalue weighted by Crippen LogP contribution is -2.22. The topological polar surface area (TPSA) is 137 Å². The van der Waals surface area contributed by atoms with Crippen LogP contribution >= 0.6 is 0 Å². The Hall–Kier alpha value is -4.15. The predicted molar refractivity (Wildman–Crippen MR) is 116 cm³/mol. The number of nitrogens with zero attached hydrogens (tertiary/aromatic N) is 2. The first-order chi connectivity index (χ1) is 15.8. The molecule has 0 unspecified atom stereocenters. The maximum Gasteiger partial charge on any atom is 0.338 e. The maximum absolute atomic E-state index is 12.4. The molecule has 4 rings (SSSR count). The van der Waals surface area contributed by atoms with Crippen LogP contribution < -0.4 is 19.7 Å². The highest BCUT2D eigenvalue weighted by atomic mass is 16.7. The molecule has 0 aliphatic carbocycles. The minimum absolute atomic E-state index is 0.00434. The largest absolute Gasteiger partial charge is 0.454 e. The van der Waals surface area contributed by atoms with Crippen molar-refractivity contribution in [1.82, 2.24) is 0 Å².